The minimum Gasteiger partial charge on any atom is -0.418 e. The summed E-state index contributed by atoms with van der Waals surface area (Å²) in [6, 6.07) is 3.09. The molecule has 0 atom stereocenters. The van der Waals surface area contributed by atoms with E-state index in [1.807, 2.05) is 0 Å². The molecule has 0 spiro atoms. The molecule has 33 heavy (non-hydrogen) atoms. The maximum absolute atomic E-state index is 12.6. The summed E-state index contributed by atoms with van der Waals surface area (Å²) >= 11 is 6.38. The zero-order valence-corrected chi connectivity index (χ0v) is 17.6. The maximum Gasteiger partial charge on any atom is 0.417 e. The van der Waals surface area contributed by atoms with Crippen LogP contribution in [0.25, 0.3) is 17.0 Å². The van der Waals surface area contributed by atoms with Crippen molar-refractivity contribution in [1.82, 2.24) is 25.1 Å². The SMILES string of the molecule is O=C(Nc1ccc(C(F)(F)F)cn1)N1CC=C(c2ncc(-c3nnc(CO)o3)cc2Cl)CC1. The fourth-order valence-corrected chi connectivity index (χ4v) is 3.41. The third kappa shape index (κ3) is 5.12. The van der Waals surface area contributed by atoms with Crippen LogP contribution < -0.4 is 5.32 Å². The minimum atomic E-state index is -4.50. The molecule has 4 heterocycles. The predicted molar refractivity (Wildman–Crippen MR) is 111 cm³/mol. The molecule has 1 aliphatic heterocycles. The van der Waals surface area contributed by atoms with Crippen LogP contribution in [0.3, 0.4) is 0 Å². The first-order chi connectivity index (χ1) is 15.7. The minimum absolute atomic E-state index is 0.0217. The van der Waals surface area contributed by atoms with Crippen molar-refractivity contribution in [1.29, 1.82) is 0 Å². The number of nitrogens with one attached hydrogen (secondary N) is 1. The molecule has 3 aromatic heterocycles. The number of carbonyl (C=O) groups excluding carboxylic acids is 1. The van der Waals surface area contributed by atoms with Gasteiger partial charge in [0.25, 0.3) is 0 Å². The first-order valence-electron chi connectivity index (χ1n) is 9.62. The molecule has 2 N–H and O–H groups in total. The lowest BCUT2D eigenvalue weighted by Crippen LogP contribution is -2.38. The largest absolute Gasteiger partial charge is 0.418 e. The van der Waals surface area contributed by atoms with Crippen LogP contribution in [0.4, 0.5) is 23.8 Å². The number of pyridine rings is 2. The average Bonchev–Trinajstić information content (AvgIpc) is 3.28. The van der Waals surface area contributed by atoms with Gasteiger partial charge in [-0.3, -0.25) is 10.3 Å². The van der Waals surface area contributed by atoms with E-state index in [0.717, 1.165) is 17.7 Å². The van der Waals surface area contributed by atoms with Crippen LogP contribution in [0.5, 0.6) is 0 Å². The van der Waals surface area contributed by atoms with Crippen LogP contribution in [-0.2, 0) is 12.8 Å². The molecule has 0 aromatic carbocycles. The van der Waals surface area contributed by atoms with Crippen molar-refractivity contribution in [3.63, 3.8) is 0 Å². The number of aliphatic hydroxyl groups excluding tert-OH is 1. The molecule has 0 bridgehead atoms. The number of halogens is 4. The van der Waals surface area contributed by atoms with E-state index >= 15 is 0 Å². The highest BCUT2D eigenvalue weighted by Crippen LogP contribution is 2.31. The zero-order valence-electron chi connectivity index (χ0n) is 16.8. The molecule has 0 unspecified atom stereocenters. The van der Waals surface area contributed by atoms with E-state index in [0.29, 0.717) is 35.4 Å². The third-order valence-corrected chi connectivity index (χ3v) is 5.10. The number of alkyl halides is 3. The summed E-state index contributed by atoms with van der Waals surface area (Å²) in [7, 11) is 0. The second-order valence-corrected chi connectivity index (χ2v) is 7.41. The van der Waals surface area contributed by atoms with E-state index in [4.69, 9.17) is 21.1 Å². The van der Waals surface area contributed by atoms with Gasteiger partial charge in [-0.05, 0) is 30.2 Å². The molecule has 0 fully saturated rings. The molecule has 2 amide bonds. The lowest BCUT2D eigenvalue weighted by Gasteiger charge is -2.26. The molecular formula is C20H16ClF3N6O3. The van der Waals surface area contributed by atoms with Crippen molar-refractivity contribution in [2.45, 2.75) is 19.2 Å². The van der Waals surface area contributed by atoms with Crippen LogP contribution >= 0.6 is 11.6 Å². The Hall–Kier alpha value is -3.51. The second kappa shape index (κ2) is 9.16. The van der Waals surface area contributed by atoms with Crippen LogP contribution in [0.15, 0.2) is 41.1 Å². The highest BCUT2D eigenvalue weighted by atomic mass is 35.5. The van der Waals surface area contributed by atoms with Crippen LogP contribution in [0, 0.1) is 0 Å². The Kier molecular flexibility index (Phi) is 6.29. The quantitative estimate of drug-likeness (QED) is 0.579. The smallest absolute Gasteiger partial charge is 0.417 e. The Bertz CT molecular complexity index is 1200. The number of nitrogens with zero attached hydrogens (tertiary/aromatic N) is 5. The summed E-state index contributed by atoms with van der Waals surface area (Å²) in [5.41, 5.74) is 0.989. The fraction of sp³-hybridized carbons (Fsp3) is 0.250. The highest BCUT2D eigenvalue weighted by Gasteiger charge is 2.30. The number of hydrogen-bond acceptors (Lipinski definition) is 7. The van der Waals surface area contributed by atoms with Crippen molar-refractivity contribution in [3.8, 4) is 11.5 Å². The average molecular weight is 481 g/mol. The van der Waals surface area contributed by atoms with E-state index in [1.54, 1.807) is 12.1 Å². The number of aromatic nitrogens is 4. The van der Waals surface area contributed by atoms with Crippen LogP contribution in [-0.4, -0.2) is 49.3 Å². The number of aliphatic hydroxyl groups is 1. The number of anilines is 1. The van der Waals surface area contributed by atoms with Crippen molar-refractivity contribution < 1.29 is 27.5 Å². The molecule has 9 nitrogen and oxygen atoms in total. The van der Waals surface area contributed by atoms with Gasteiger partial charge in [0.1, 0.15) is 12.4 Å². The molecule has 0 radical (unpaired) electrons. The Labute approximate surface area is 189 Å². The van der Waals surface area contributed by atoms with Gasteiger partial charge in [0.15, 0.2) is 0 Å². The van der Waals surface area contributed by atoms with Gasteiger partial charge in [0.05, 0.1) is 21.8 Å². The molecule has 3 aromatic rings. The lowest BCUT2D eigenvalue weighted by molar-refractivity contribution is -0.137. The summed E-state index contributed by atoms with van der Waals surface area (Å²) in [5.74, 6) is 0.274. The molecule has 0 saturated carbocycles. The number of carbonyl (C=O) groups is 1. The number of hydrogen-bond donors (Lipinski definition) is 2. The van der Waals surface area contributed by atoms with Gasteiger partial charge in [-0.2, -0.15) is 13.2 Å². The highest BCUT2D eigenvalue weighted by molar-refractivity contribution is 6.32. The Morgan fingerprint density at radius 1 is 1.24 bits per heavy atom. The number of amides is 2. The maximum atomic E-state index is 12.6. The zero-order chi connectivity index (χ0) is 23.6. The summed E-state index contributed by atoms with van der Waals surface area (Å²) in [6.45, 7) is 0.227. The lowest BCUT2D eigenvalue weighted by atomic mass is 10.0. The summed E-state index contributed by atoms with van der Waals surface area (Å²) < 4.78 is 43.2. The molecule has 0 saturated heterocycles. The third-order valence-electron chi connectivity index (χ3n) is 4.82. The molecule has 172 valence electrons. The van der Waals surface area contributed by atoms with Gasteiger partial charge < -0.3 is 14.4 Å². The molecular weight excluding hydrogens is 465 g/mol. The topological polar surface area (TPSA) is 117 Å². The Balaban J connectivity index is 1.40. The van der Waals surface area contributed by atoms with Gasteiger partial charge in [-0.25, -0.2) is 9.78 Å². The Morgan fingerprint density at radius 2 is 2.06 bits per heavy atom. The Morgan fingerprint density at radius 3 is 2.64 bits per heavy atom. The molecule has 4 rings (SSSR count). The van der Waals surface area contributed by atoms with Crippen molar-refractivity contribution >= 4 is 29.0 Å². The molecule has 0 aliphatic carbocycles. The van der Waals surface area contributed by atoms with E-state index in [9.17, 15) is 18.0 Å². The summed E-state index contributed by atoms with van der Waals surface area (Å²) in [4.78, 5) is 21.9. The van der Waals surface area contributed by atoms with Gasteiger partial charge in [-0.1, -0.05) is 17.7 Å². The van der Waals surface area contributed by atoms with Crippen molar-refractivity contribution in [2.75, 3.05) is 18.4 Å². The van der Waals surface area contributed by atoms with Gasteiger partial charge in [0, 0.05) is 25.5 Å². The van der Waals surface area contributed by atoms with E-state index in [1.165, 1.54) is 11.1 Å². The van der Waals surface area contributed by atoms with Crippen molar-refractivity contribution in [3.05, 3.63) is 58.8 Å². The van der Waals surface area contributed by atoms with E-state index in [-0.39, 0.29) is 30.8 Å². The molecule has 13 heteroatoms. The number of rotatable bonds is 4. The standard InChI is InChI=1S/C20H16ClF3N6O3/c21-14-7-12(18-29-28-16(10-31)33-18)8-26-17(14)11-3-5-30(6-4-11)19(32)27-15-2-1-13(9-25-15)20(22,23)24/h1-3,7-9,31H,4-6,10H2,(H,25,27,32). The van der Waals surface area contributed by atoms with Crippen LogP contribution in [0.2, 0.25) is 5.02 Å². The van der Waals surface area contributed by atoms with Gasteiger partial charge in [0.2, 0.25) is 11.8 Å². The van der Waals surface area contributed by atoms with Crippen molar-refractivity contribution in [2.24, 2.45) is 0 Å². The summed E-state index contributed by atoms with van der Waals surface area (Å²) in [6.07, 6.45) is -0.0418. The van der Waals surface area contributed by atoms with Gasteiger partial charge >= 0.3 is 12.2 Å². The second-order valence-electron chi connectivity index (χ2n) is 7.00. The fourth-order valence-electron chi connectivity index (χ4n) is 3.12. The van der Waals surface area contributed by atoms with Gasteiger partial charge in [-0.15, -0.1) is 10.2 Å². The number of urea groups is 1. The normalized spacial score (nSPS) is 14.2. The molecule has 1 aliphatic rings. The summed E-state index contributed by atoms with van der Waals surface area (Å²) in [5, 5.41) is 19.4. The van der Waals surface area contributed by atoms with Crippen LogP contribution in [0.1, 0.15) is 23.6 Å². The first kappa shape index (κ1) is 22.7. The van der Waals surface area contributed by atoms with E-state index in [2.05, 4.69) is 25.5 Å². The first-order valence-corrected chi connectivity index (χ1v) is 10.00. The predicted octanol–water partition coefficient (Wildman–Crippen LogP) is 4.01. The monoisotopic (exact) mass is 480 g/mol. The van der Waals surface area contributed by atoms with E-state index < -0.39 is 17.8 Å².